The first-order chi connectivity index (χ1) is 10.4. The molecule has 0 heterocycles. The zero-order valence-electron chi connectivity index (χ0n) is 13.7. The molecule has 1 N–H and O–H groups in total. The molecule has 3 aliphatic rings. The Morgan fingerprint density at radius 3 is 2.50 bits per heavy atom. The Kier molecular flexibility index (Phi) is 5.16. The Hall–Kier alpha value is 0.260. The lowest BCUT2D eigenvalue weighted by atomic mass is 9.68. The topological polar surface area (TPSA) is 54.4 Å². The van der Waals surface area contributed by atoms with Crippen LogP contribution >= 0.6 is 11.8 Å². The van der Waals surface area contributed by atoms with Gasteiger partial charge in [-0.2, -0.15) is 8.42 Å². The van der Waals surface area contributed by atoms with Gasteiger partial charge in [-0.25, -0.2) is 0 Å². The smallest absolute Gasteiger partial charge is 0.277 e. The number of hydrogen-bond acceptors (Lipinski definition) is 3. The number of thioether (sulfide) groups is 1. The Labute approximate surface area is 139 Å². The molecule has 2 bridgehead atoms. The van der Waals surface area contributed by atoms with E-state index < -0.39 is 14.7 Å². The molecule has 5 heteroatoms. The van der Waals surface area contributed by atoms with Crippen LogP contribution in [0.25, 0.3) is 0 Å². The third kappa shape index (κ3) is 3.84. The van der Waals surface area contributed by atoms with Gasteiger partial charge in [0.1, 0.15) is 4.58 Å². The van der Waals surface area contributed by atoms with Crippen molar-refractivity contribution < 1.29 is 13.0 Å². The van der Waals surface area contributed by atoms with Crippen LogP contribution in [0, 0.1) is 17.8 Å². The molecule has 0 aliphatic heterocycles. The second-order valence-corrected chi connectivity index (χ2v) is 11.5. The van der Waals surface area contributed by atoms with E-state index in [4.69, 9.17) is 0 Å². The van der Waals surface area contributed by atoms with E-state index in [0.29, 0.717) is 5.92 Å². The molecule has 0 aromatic heterocycles. The molecule has 4 atom stereocenters. The minimum absolute atomic E-state index is 0.110. The van der Waals surface area contributed by atoms with Crippen molar-refractivity contribution in [2.45, 2.75) is 86.9 Å². The zero-order valence-corrected chi connectivity index (χ0v) is 15.3. The second kappa shape index (κ2) is 6.64. The predicted molar refractivity (Wildman–Crippen MR) is 92.6 cm³/mol. The first kappa shape index (κ1) is 17.1. The molecule has 0 spiro atoms. The predicted octanol–water partition coefficient (Wildman–Crippen LogP) is 4.87. The van der Waals surface area contributed by atoms with Crippen molar-refractivity contribution in [3.8, 4) is 0 Å². The molecule has 0 saturated heterocycles. The summed E-state index contributed by atoms with van der Waals surface area (Å²) in [4.78, 5) is 0. The van der Waals surface area contributed by atoms with Gasteiger partial charge in [0.05, 0.1) is 0 Å². The maximum Gasteiger partial charge on any atom is 0.277 e. The van der Waals surface area contributed by atoms with Gasteiger partial charge in [-0.1, -0.05) is 39.0 Å². The molecule has 3 fully saturated rings. The second-order valence-electron chi connectivity index (χ2n) is 8.09. The van der Waals surface area contributed by atoms with Crippen molar-refractivity contribution in [2.75, 3.05) is 0 Å². The fraction of sp³-hybridized carbons (Fsp3) is 1.00. The van der Waals surface area contributed by atoms with Crippen molar-refractivity contribution in [1.82, 2.24) is 0 Å². The molecule has 128 valence electrons. The van der Waals surface area contributed by atoms with E-state index >= 15 is 0 Å². The van der Waals surface area contributed by atoms with Crippen molar-refractivity contribution in [3.05, 3.63) is 0 Å². The Morgan fingerprint density at radius 2 is 1.82 bits per heavy atom. The van der Waals surface area contributed by atoms with Gasteiger partial charge in [0.15, 0.2) is 0 Å². The van der Waals surface area contributed by atoms with Gasteiger partial charge in [0.25, 0.3) is 10.1 Å². The van der Waals surface area contributed by atoms with Crippen molar-refractivity contribution in [2.24, 2.45) is 17.8 Å². The highest BCUT2D eigenvalue weighted by Gasteiger charge is 2.47. The fourth-order valence-corrected chi connectivity index (χ4v) is 9.11. The summed E-state index contributed by atoms with van der Waals surface area (Å²) in [5.41, 5.74) is 0. The van der Waals surface area contributed by atoms with Crippen molar-refractivity contribution in [3.63, 3.8) is 0 Å². The molecule has 3 saturated carbocycles. The van der Waals surface area contributed by atoms with Gasteiger partial charge in [-0.05, 0) is 56.3 Å². The summed E-state index contributed by atoms with van der Waals surface area (Å²) in [6.07, 6.45) is 12.7. The van der Waals surface area contributed by atoms with Gasteiger partial charge >= 0.3 is 0 Å². The third-order valence-electron chi connectivity index (χ3n) is 6.06. The van der Waals surface area contributed by atoms with Crippen LogP contribution in [-0.4, -0.2) is 22.3 Å². The highest BCUT2D eigenvalue weighted by molar-refractivity contribution is 8.12. The maximum absolute atomic E-state index is 12.1. The monoisotopic (exact) mass is 346 g/mol. The molecule has 22 heavy (non-hydrogen) atoms. The standard InChI is InChI=1S/C17H30O3S2/c1-13-10-14-6-5-9-17(11-13,12-14)21-16(22(18,19)20)15-7-3-2-4-8-15/h13-16H,2-12H2,1H3,(H,18,19,20). The SMILES string of the molecule is CC1CC2CCCC(SC(C3CCCCC3)S(=O)(=O)O)(C1)C2. The summed E-state index contributed by atoms with van der Waals surface area (Å²) in [6.45, 7) is 2.32. The average molecular weight is 347 g/mol. The highest BCUT2D eigenvalue weighted by Crippen LogP contribution is 2.55. The van der Waals surface area contributed by atoms with E-state index in [1.165, 1.54) is 32.1 Å². The van der Waals surface area contributed by atoms with Crippen molar-refractivity contribution in [1.29, 1.82) is 0 Å². The normalized spacial score (nSPS) is 38.6. The highest BCUT2D eigenvalue weighted by atomic mass is 32.3. The van der Waals surface area contributed by atoms with Crippen LogP contribution in [0.2, 0.25) is 0 Å². The summed E-state index contributed by atoms with van der Waals surface area (Å²) in [6, 6.07) is 0. The van der Waals surface area contributed by atoms with E-state index in [9.17, 15) is 13.0 Å². The summed E-state index contributed by atoms with van der Waals surface area (Å²) in [5, 5.41) is 0. The van der Waals surface area contributed by atoms with Crippen LogP contribution in [-0.2, 0) is 10.1 Å². The third-order valence-corrected chi connectivity index (χ3v) is 9.70. The average Bonchev–Trinajstić information content (AvgIpc) is 2.44. The number of rotatable bonds is 4. The summed E-state index contributed by atoms with van der Waals surface area (Å²) >= 11 is 1.65. The minimum Gasteiger partial charge on any atom is -0.285 e. The Morgan fingerprint density at radius 1 is 1.09 bits per heavy atom. The van der Waals surface area contributed by atoms with Gasteiger partial charge < -0.3 is 0 Å². The van der Waals surface area contributed by atoms with E-state index in [-0.39, 0.29) is 10.7 Å². The van der Waals surface area contributed by atoms with Crippen LogP contribution in [0.1, 0.15) is 77.6 Å². The van der Waals surface area contributed by atoms with Crippen LogP contribution in [0.5, 0.6) is 0 Å². The lowest BCUT2D eigenvalue weighted by molar-refractivity contribution is 0.170. The van der Waals surface area contributed by atoms with E-state index in [0.717, 1.165) is 44.4 Å². The molecule has 3 aliphatic carbocycles. The van der Waals surface area contributed by atoms with E-state index in [1.807, 2.05) is 0 Å². The lowest BCUT2D eigenvalue weighted by Crippen LogP contribution is -2.43. The van der Waals surface area contributed by atoms with Crippen molar-refractivity contribution >= 4 is 21.9 Å². The first-order valence-electron chi connectivity index (χ1n) is 9.02. The number of fused-ring (bicyclic) bond motifs is 2. The van der Waals surface area contributed by atoms with E-state index in [1.54, 1.807) is 11.8 Å². The number of hydrogen-bond donors (Lipinski definition) is 1. The molecule has 0 radical (unpaired) electrons. The van der Waals surface area contributed by atoms with Gasteiger partial charge in [0.2, 0.25) is 0 Å². The van der Waals surface area contributed by atoms with E-state index in [2.05, 4.69) is 6.92 Å². The quantitative estimate of drug-likeness (QED) is 0.738. The van der Waals surface area contributed by atoms with Crippen LogP contribution < -0.4 is 0 Å². The summed E-state index contributed by atoms with van der Waals surface area (Å²) in [7, 11) is -3.96. The van der Waals surface area contributed by atoms with Crippen LogP contribution in [0.15, 0.2) is 0 Å². The van der Waals surface area contributed by atoms with Gasteiger partial charge in [-0.3, -0.25) is 4.55 Å². The molecular weight excluding hydrogens is 316 g/mol. The largest absolute Gasteiger partial charge is 0.285 e. The molecule has 3 nitrogen and oxygen atoms in total. The maximum atomic E-state index is 12.1. The molecule has 4 unspecified atom stereocenters. The summed E-state index contributed by atoms with van der Waals surface area (Å²) < 4.78 is 33.6. The molecule has 0 aromatic rings. The minimum atomic E-state index is -3.96. The first-order valence-corrected chi connectivity index (χ1v) is 11.4. The van der Waals surface area contributed by atoms with Crippen LogP contribution in [0.3, 0.4) is 0 Å². The fourth-order valence-electron chi connectivity index (χ4n) is 5.33. The summed E-state index contributed by atoms with van der Waals surface area (Å²) in [5.74, 6) is 1.62. The Balaban J connectivity index is 1.79. The molecular formula is C17H30O3S2. The van der Waals surface area contributed by atoms with Gasteiger partial charge in [-0.15, -0.1) is 11.8 Å². The molecule has 0 amide bonds. The molecule has 0 aromatic carbocycles. The zero-order chi connectivity index (χ0) is 15.8. The van der Waals surface area contributed by atoms with Gasteiger partial charge in [0, 0.05) is 4.75 Å². The van der Waals surface area contributed by atoms with Crippen LogP contribution in [0.4, 0.5) is 0 Å². The lowest BCUT2D eigenvalue weighted by Gasteiger charge is -2.49. The Bertz CT molecular complexity index is 480. The molecule has 3 rings (SSSR count).